The van der Waals surface area contributed by atoms with Crippen molar-refractivity contribution in [2.45, 2.75) is 23.2 Å². The van der Waals surface area contributed by atoms with E-state index in [9.17, 15) is 19.7 Å². The minimum Gasteiger partial charge on any atom is -0.496 e. The Morgan fingerprint density at radius 3 is 2.97 bits per heavy atom. The second-order valence-corrected chi connectivity index (χ2v) is 8.53. The molecule has 0 aliphatic carbocycles. The van der Waals surface area contributed by atoms with Crippen LogP contribution >= 0.6 is 23.1 Å². The first-order valence-electron chi connectivity index (χ1n) is 8.95. The standard InChI is InChI=1S/C18H19N3O7S2/c1-27-12-3-4-15(14(8-12)21(25)26)28-9-11-2-5-16(22)20(11)6-7-29-18-19-13(10-30-18)17(23)24/h3-4,8,10-11H,2,5-7,9H2,1H3,(H,23,24)/t11-/m1/s1. The third kappa shape index (κ3) is 5.19. The number of aromatic carboxylic acids is 1. The van der Waals surface area contributed by atoms with Gasteiger partial charge >= 0.3 is 11.7 Å². The van der Waals surface area contributed by atoms with Crippen molar-refractivity contribution in [2.75, 3.05) is 26.0 Å². The highest BCUT2D eigenvalue weighted by molar-refractivity contribution is 8.01. The zero-order chi connectivity index (χ0) is 21.7. The molecule has 0 unspecified atom stereocenters. The van der Waals surface area contributed by atoms with Gasteiger partial charge in [0.15, 0.2) is 15.8 Å². The van der Waals surface area contributed by atoms with Gasteiger partial charge in [0.25, 0.3) is 0 Å². The molecule has 1 fully saturated rings. The van der Waals surface area contributed by atoms with Gasteiger partial charge in [0.05, 0.1) is 24.1 Å². The molecule has 1 aromatic heterocycles. The average molecular weight is 453 g/mol. The molecule has 0 radical (unpaired) electrons. The molecule has 1 aromatic carbocycles. The fourth-order valence-corrected chi connectivity index (χ4v) is 4.81. The maximum absolute atomic E-state index is 12.2. The molecule has 1 N–H and O–H groups in total. The van der Waals surface area contributed by atoms with Crippen molar-refractivity contribution < 1.29 is 29.1 Å². The van der Waals surface area contributed by atoms with E-state index in [1.807, 2.05) is 0 Å². The van der Waals surface area contributed by atoms with Gasteiger partial charge in [-0.2, -0.15) is 0 Å². The summed E-state index contributed by atoms with van der Waals surface area (Å²) in [6.07, 6.45) is 0.998. The fraction of sp³-hybridized carbons (Fsp3) is 0.389. The van der Waals surface area contributed by atoms with Crippen molar-refractivity contribution in [3.63, 3.8) is 0 Å². The molecule has 12 heteroatoms. The Morgan fingerprint density at radius 1 is 1.50 bits per heavy atom. The van der Waals surface area contributed by atoms with Crippen LogP contribution in [0.25, 0.3) is 0 Å². The fourth-order valence-electron chi connectivity index (χ4n) is 3.00. The average Bonchev–Trinajstić information content (AvgIpc) is 3.34. The lowest BCUT2D eigenvalue weighted by Crippen LogP contribution is -2.38. The van der Waals surface area contributed by atoms with Crippen molar-refractivity contribution in [3.05, 3.63) is 39.4 Å². The Bertz CT molecular complexity index is 950. The quantitative estimate of drug-likeness (QED) is 0.327. The minimum atomic E-state index is -1.07. The number of benzene rings is 1. The summed E-state index contributed by atoms with van der Waals surface area (Å²) in [6.45, 7) is 0.591. The summed E-state index contributed by atoms with van der Waals surface area (Å²) < 4.78 is 11.3. The number of carbonyl (C=O) groups is 2. The summed E-state index contributed by atoms with van der Waals surface area (Å²) in [5.41, 5.74) is -0.189. The minimum absolute atomic E-state index is 0.00112. The molecule has 0 saturated carbocycles. The van der Waals surface area contributed by atoms with Crippen LogP contribution in [-0.2, 0) is 4.79 Å². The predicted molar refractivity (Wildman–Crippen MR) is 110 cm³/mol. The number of aromatic nitrogens is 1. The second kappa shape index (κ2) is 9.76. The Kier molecular flexibility index (Phi) is 7.11. The number of thioether (sulfide) groups is 1. The van der Waals surface area contributed by atoms with Gasteiger partial charge < -0.3 is 19.5 Å². The van der Waals surface area contributed by atoms with Crippen LogP contribution in [0.1, 0.15) is 23.3 Å². The van der Waals surface area contributed by atoms with E-state index in [0.29, 0.717) is 35.2 Å². The molecule has 0 bridgehead atoms. The van der Waals surface area contributed by atoms with E-state index in [2.05, 4.69) is 4.98 Å². The monoisotopic (exact) mass is 453 g/mol. The number of methoxy groups -OCH3 is 1. The molecule has 0 spiro atoms. The summed E-state index contributed by atoms with van der Waals surface area (Å²) >= 11 is 2.63. The molecule has 1 atom stereocenters. The van der Waals surface area contributed by atoms with Crippen molar-refractivity contribution in [1.29, 1.82) is 0 Å². The van der Waals surface area contributed by atoms with Crippen LogP contribution in [0, 0.1) is 10.1 Å². The number of thiazole rings is 1. The molecule has 1 saturated heterocycles. The van der Waals surface area contributed by atoms with E-state index in [1.165, 1.54) is 47.7 Å². The van der Waals surface area contributed by atoms with Gasteiger partial charge in [0.2, 0.25) is 5.91 Å². The Hall–Kier alpha value is -2.86. The van der Waals surface area contributed by atoms with E-state index < -0.39 is 10.9 Å². The first-order chi connectivity index (χ1) is 14.4. The number of rotatable bonds is 10. The Balaban J connectivity index is 1.57. The molecule has 1 amide bonds. The molecule has 2 heterocycles. The van der Waals surface area contributed by atoms with Crippen LogP contribution in [0.4, 0.5) is 5.69 Å². The molecule has 30 heavy (non-hydrogen) atoms. The van der Waals surface area contributed by atoms with Crippen molar-refractivity contribution in [3.8, 4) is 11.5 Å². The van der Waals surface area contributed by atoms with E-state index in [-0.39, 0.29) is 35.7 Å². The van der Waals surface area contributed by atoms with Crippen LogP contribution < -0.4 is 9.47 Å². The Labute approximate surface area is 180 Å². The summed E-state index contributed by atoms with van der Waals surface area (Å²) in [5.74, 6) is -0.0378. The lowest BCUT2D eigenvalue weighted by Gasteiger charge is -2.24. The molecule has 1 aliphatic rings. The van der Waals surface area contributed by atoms with Crippen molar-refractivity contribution in [1.82, 2.24) is 9.88 Å². The molecule has 10 nitrogen and oxygen atoms in total. The molecule has 1 aliphatic heterocycles. The molecule has 3 rings (SSSR count). The maximum atomic E-state index is 12.2. The largest absolute Gasteiger partial charge is 0.496 e. The smallest absolute Gasteiger partial charge is 0.355 e. The van der Waals surface area contributed by atoms with Crippen LogP contribution in [0.2, 0.25) is 0 Å². The van der Waals surface area contributed by atoms with Crippen LogP contribution in [0.15, 0.2) is 27.9 Å². The predicted octanol–water partition coefficient (Wildman–Crippen LogP) is 2.92. The van der Waals surface area contributed by atoms with Gasteiger partial charge in [0, 0.05) is 24.1 Å². The third-order valence-electron chi connectivity index (χ3n) is 4.51. The van der Waals surface area contributed by atoms with Gasteiger partial charge in [0.1, 0.15) is 12.4 Å². The first-order valence-corrected chi connectivity index (χ1v) is 10.8. The summed E-state index contributed by atoms with van der Waals surface area (Å²) in [5, 5.41) is 21.7. The normalized spacial score (nSPS) is 16.0. The number of ether oxygens (including phenoxy) is 2. The van der Waals surface area contributed by atoms with E-state index in [1.54, 1.807) is 11.0 Å². The number of carboxylic acids is 1. The number of likely N-dealkylation sites (tertiary alicyclic amines) is 1. The van der Waals surface area contributed by atoms with Gasteiger partial charge in [-0.3, -0.25) is 14.9 Å². The number of nitrogens with zero attached hydrogens (tertiary/aromatic N) is 3. The number of nitro benzene ring substituents is 1. The highest BCUT2D eigenvalue weighted by atomic mass is 32.2. The Morgan fingerprint density at radius 2 is 2.30 bits per heavy atom. The summed E-state index contributed by atoms with van der Waals surface area (Å²) in [4.78, 5) is 39.6. The first kappa shape index (κ1) is 21.8. The van der Waals surface area contributed by atoms with Gasteiger partial charge in [-0.25, -0.2) is 9.78 Å². The van der Waals surface area contributed by atoms with E-state index in [0.717, 1.165) is 0 Å². The topological polar surface area (TPSA) is 132 Å². The summed E-state index contributed by atoms with van der Waals surface area (Å²) in [7, 11) is 1.42. The zero-order valence-corrected chi connectivity index (χ0v) is 17.6. The lowest BCUT2D eigenvalue weighted by atomic mass is 10.2. The third-order valence-corrected chi connectivity index (χ3v) is 6.51. The lowest BCUT2D eigenvalue weighted by molar-refractivity contribution is -0.386. The summed E-state index contributed by atoms with van der Waals surface area (Å²) in [6, 6.07) is 4.17. The zero-order valence-electron chi connectivity index (χ0n) is 16.0. The van der Waals surface area contributed by atoms with Crippen molar-refractivity contribution in [2.24, 2.45) is 0 Å². The SMILES string of the molecule is COc1ccc(OC[C@H]2CCC(=O)N2CCSc2nc(C(=O)O)cs2)c([N+](=O)[O-])c1. The highest BCUT2D eigenvalue weighted by Crippen LogP contribution is 2.32. The molecule has 2 aromatic rings. The number of carboxylic acid groups (broad SMARTS) is 1. The number of carbonyl (C=O) groups excluding carboxylic acids is 1. The molecular formula is C18H19N3O7S2. The van der Waals surface area contributed by atoms with Crippen LogP contribution in [0.5, 0.6) is 11.5 Å². The number of nitro groups is 1. The maximum Gasteiger partial charge on any atom is 0.355 e. The van der Waals surface area contributed by atoms with Crippen molar-refractivity contribution >= 4 is 40.7 Å². The molecule has 160 valence electrons. The number of hydrogen-bond acceptors (Lipinski definition) is 9. The van der Waals surface area contributed by atoms with E-state index in [4.69, 9.17) is 14.6 Å². The van der Waals surface area contributed by atoms with Gasteiger partial charge in [-0.1, -0.05) is 11.8 Å². The number of amides is 1. The van der Waals surface area contributed by atoms with Gasteiger partial charge in [-0.15, -0.1) is 11.3 Å². The van der Waals surface area contributed by atoms with Crippen LogP contribution in [-0.4, -0.2) is 63.8 Å². The number of hydrogen-bond donors (Lipinski definition) is 1. The molecular weight excluding hydrogens is 434 g/mol. The second-order valence-electron chi connectivity index (χ2n) is 6.33. The van der Waals surface area contributed by atoms with E-state index >= 15 is 0 Å². The van der Waals surface area contributed by atoms with Gasteiger partial charge in [-0.05, 0) is 18.6 Å². The van der Waals surface area contributed by atoms with Crippen LogP contribution in [0.3, 0.4) is 0 Å². The highest BCUT2D eigenvalue weighted by Gasteiger charge is 2.31.